The van der Waals surface area contributed by atoms with Crippen LogP contribution < -0.4 is 10.5 Å². The van der Waals surface area contributed by atoms with Crippen molar-refractivity contribution in [2.24, 2.45) is 5.92 Å². The van der Waals surface area contributed by atoms with Gasteiger partial charge in [-0.3, -0.25) is 4.79 Å². The molecule has 0 aromatic heterocycles. The molecule has 0 bridgehead atoms. The fourth-order valence-electron chi connectivity index (χ4n) is 3.51. The van der Waals surface area contributed by atoms with E-state index in [-0.39, 0.29) is 5.78 Å². The number of nitrogen functional groups attached to an aromatic ring is 1. The predicted octanol–water partition coefficient (Wildman–Crippen LogP) is 4.80. The lowest BCUT2D eigenvalue weighted by atomic mass is 9.90. The van der Waals surface area contributed by atoms with Gasteiger partial charge in [0.15, 0.2) is 5.78 Å². The summed E-state index contributed by atoms with van der Waals surface area (Å²) in [6.07, 6.45) is 7.76. The Morgan fingerprint density at radius 2 is 2.04 bits per heavy atom. The maximum atomic E-state index is 12.6. The first-order chi connectivity index (χ1) is 12.0. The lowest BCUT2D eigenvalue weighted by Gasteiger charge is -2.31. The molecule has 140 valence electrons. The van der Waals surface area contributed by atoms with Crippen LogP contribution in [0.5, 0.6) is 5.75 Å². The zero-order valence-corrected chi connectivity index (χ0v) is 16.3. The second-order valence-corrected chi connectivity index (χ2v) is 7.44. The number of likely N-dealkylation sites (tertiary alicyclic amines) is 1. The fraction of sp³-hybridized carbons (Fsp3) is 0.650. The van der Waals surface area contributed by atoms with Crippen LogP contribution in [-0.4, -0.2) is 37.4 Å². The van der Waals surface area contributed by atoms with Crippen molar-refractivity contribution < 1.29 is 9.53 Å². The normalized spacial score (nSPS) is 16.1. The van der Waals surface area contributed by atoms with E-state index in [0.29, 0.717) is 34.4 Å². The van der Waals surface area contributed by atoms with Crippen molar-refractivity contribution in [1.29, 1.82) is 0 Å². The van der Waals surface area contributed by atoms with Gasteiger partial charge >= 0.3 is 0 Å². The summed E-state index contributed by atoms with van der Waals surface area (Å²) in [7, 11) is 1.55. The van der Waals surface area contributed by atoms with Gasteiger partial charge in [0, 0.05) is 12.5 Å². The average Bonchev–Trinajstić information content (AvgIpc) is 2.62. The number of benzene rings is 1. The van der Waals surface area contributed by atoms with E-state index in [1.807, 2.05) is 0 Å². The first-order valence-electron chi connectivity index (χ1n) is 9.43. The highest BCUT2D eigenvalue weighted by Crippen LogP contribution is 2.31. The summed E-state index contributed by atoms with van der Waals surface area (Å²) in [5, 5.41) is 0.407. The molecule has 1 aliphatic heterocycles. The van der Waals surface area contributed by atoms with Crippen LogP contribution in [0.25, 0.3) is 0 Å². The molecule has 1 fully saturated rings. The summed E-state index contributed by atoms with van der Waals surface area (Å²) in [5.74, 6) is 1.24. The number of unbranched alkanes of at least 4 members (excludes halogenated alkanes) is 2. The second-order valence-electron chi connectivity index (χ2n) is 7.03. The van der Waals surface area contributed by atoms with E-state index in [0.717, 1.165) is 6.42 Å². The van der Waals surface area contributed by atoms with Crippen molar-refractivity contribution in [3.63, 3.8) is 0 Å². The van der Waals surface area contributed by atoms with Crippen molar-refractivity contribution in [1.82, 2.24) is 4.90 Å². The number of ketones is 1. The van der Waals surface area contributed by atoms with Crippen molar-refractivity contribution in [3.8, 4) is 5.75 Å². The number of hydrogen-bond donors (Lipinski definition) is 1. The Morgan fingerprint density at radius 1 is 1.32 bits per heavy atom. The molecule has 1 aromatic carbocycles. The number of nitrogens with zero attached hydrogens (tertiary/aromatic N) is 1. The summed E-state index contributed by atoms with van der Waals surface area (Å²) in [6, 6.07) is 3.26. The van der Waals surface area contributed by atoms with E-state index in [2.05, 4.69) is 11.8 Å². The molecule has 0 radical (unpaired) electrons. The van der Waals surface area contributed by atoms with Gasteiger partial charge in [-0.05, 0) is 57.3 Å². The van der Waals surface area contributed by atoms with Gasteiger partial charge in [0.1, 0.15) is 5.75 Å². The minimum atomic E-state index is 0.0872. The maximum absolute atomic E-state index is 12.6. The third kappa shape index (κ3) is 5.89. The zero-order valence-electron chi connectivity index (χ0n) is 15.5. The molecule has 1 aromatic rings. The van der Waals surface area contributed by atoms with E-state index in [1.54, 1.807) is 19.2 Å². The summed E-state index contributed by atoms with van der Waals surface area (Å²) in [6.45, 7) is 5.80. The highest BCUT2D eigenvalue weighted by atomic mass is 35.5. The van der Waals surface area contributed by atoms with Crippen LogP contribution in [0.1, 0.15) is 62.2 Å². The summed E-state index contributed by atoms with van der Waals surface area (Å²) in [5.41, 5.74) is 6.76. The monoisotopic (exact) mass is 366 g/mol. The number of Topliss-reactive ketones (excluding diaryl/α,β-unsaturated/α-hetero) is 1. The molecule has 0 aliphatic carbocycles. The molecule has 0 amide bonds. The van der Waals surface area contributed by atoms with Crippen molar-refractivity contribution in [2.75, 3.05) is 32.5 Å². The standard InChI is InChI=1S/C20H31ClN2O2/c1-3-4-5-10-23-11-8-15(9-12-23)6-7-19(24)16-13-17(21)18(22)14-20(16)25-2/h13-15H,3-12,22H2,1-2H3. The third-order valence-corrected chi connectivity index (χ3v) is 5.51. The van der Waals surface area contributed by atoms with Gasteiger partial charge in [0.05, 0.1) is 23.4 Å². The Morgan fingerprint density at radius 3 is 2.68 bits per heavy atom. The molecule has 0 unspecified atom stereocenters. The minimum absolute atomic E-state index is 0.0872. The van der Waals surface area contributed by atoms with Gasteiger partial charge in [0.25, 0.3) is 0 Å². The third-order valence-electron chi connectivity index (χ3n) is 5.18. The van der Waals surface area contributed by atoms with Crippen LogP contribution in [-0.2, 0) is 0 Å². The Kier molecular flexibility index (Phi) is 8.04. The smallest absolute Gasteiger partial charge is 0.166 e. The van der Waals surface area contributed by atoms with Crippen LogP contribution in [0, 0.1) is 5.92 Å². The number of anilines is 1. The quantitative estimate of drug-likeness (QED) is 0.387. The SMILES string of the molecule is CCCCCN1CCC(CCC(=O)c2cc(Cl)c(N)cc2OC)CC1. The molecular weight excluding hydrogens is 336 g/mol. The molecule has 1 aliphatic rings. The number of piperidine rings is 1. The summed E-state index contributed by atoms with van der Waals surface area (Å²) >= 11 is 6.07. The van der Waals surface area contributed by atoms with Crippen LogP contribution in [0.3, 0.4) is 0 Å². The van der Waals surface area contributed by atoms with Gasteiger partial charge in [-0.2, -0.15) is 0 Å². The first kappa shape index (κ1) is 20.1. The van der Waals surface area contributed by atoms with E-state index in [1.165, 1.54) is 51.7 Å². The highest BCUT2D eigenvalue weighted by molar-refractivity contribution is 6.33. The van der Waals surface area contributed by atoms with Gasteiger partial charge in [0.2, 0.25) is 0 Å². The first-order valence-corrected chi connectivity index (χ1v) is 9.81. The van der Waals surface area contributed by atoms with Gasteiger partial charge in [-0.25, -0.2) is 0 Å². The zero-order chi connectivity index (χ0) is 18.2. The number of carbonyl (C=O) groups is 1. The number of ether oxygens (including phenoxy) is 1. The number of carbonyl (C=O) groups excluding carboxylic acids is 1. The molecule has 0 saturated carbocycles. The number of halogens is 1. The topological polar surface area (TPSA) is 55.6 Å². The van der Waals surface area contributed by atoms with Crippen molar-refractivity contribution in [2.45, 2.75) is 51.9 Å². The molecule has 1 saturated heterocycles. The number of nitrogens with two attached hydrogens (primary N) is 1. The van der Waals surface area contributed by atoms with E-state index in [9.17, 15) is 4.79 Å². The fourth-order valence-corrected chi connectivity index (χ4v) is 3.67. The predicted molar refractivity (Wildman–Crippen MR) is 105 cm³/mol. The van der Waals surface area contributed by atoms with E-state index in [4.69, 9.17) is 22.1 Å². The molecule has 2 rings (SSSR count). The molecule has 2 N–H and O–H groups in total. The molecule has 0 atom stereocenters. The molecular formula is C20H31ClN2O2. The molecule has 1 heterocycles. The molecule has 25 heavy (non-hydrogen) atoms. The number of rotatable bonds is 9. The van der Waals surface area contributed by atoms with Crippen LogP contribution in [0.4, 0.5) is 5.69 Å². The van der Waals surface area contributed by atoms with E-state index < -0.39 is 0 Å². The average molecular weight is 367 g/mol. The molecule has 0 spiro atoms. The number of methoxy groups -OCH3 is 1. The summed E-state index contributed by atoms with van der Waals surface area (Å²) < 4.78 is 5.29. The van der Waals surface area contributed by atoms with Crippen molar-refractivity contribution >= 4 is 23.1 Å². The molecule has 5 heteroatoms. The highest BCUT2D eigenvalue weighted by Gasteiger charge is 2.21. The van der Waals surface area contributed by atoms with Gasteiger partial charge in [-0.15, -0.1) is 0 Å². The van der Waals surface area contributed by atoms with Gasteiger partial charge < -0.3 is 15.4 Å². The lowest BCUT2D eigenvalue weighted by molar-refractivity contribution is 0.0959. The van der Waals surface area contributed by atoms with Crippen molar-refractivity contribution in [3.05, 3.63) is 22.7 Å². The number of hydrogen-bond acceptors (Lipinski definition) is 4. The van der Waals surface area contributed by atoms with Crippen LogP contribution in [0.2, 0.25) is 5.02 Å². The summed E-state index contributed by atoms with van der Waals surface area (Å²) in [4.78, 5) is 15.1. The Bertz CT molecular complexity index is 569. The maximum Gasteiger partial charge on any atom is 0.166 e. The Labute approximate surface area is 156 Å². The molecule has 4 nitrogen and oxygen atoms in total. The van der Waals surface area contributed by atoms with Gasteiger partial charge in [-0.1, -0.05) is 31.4 Å². The van der Waals surface area contributed by atoms with Crippen LogP contribution in [0.15, 0.2) is 12.1 Å². The Balaban J connectivity index is 1.80. The Hall–Kier alpha value is -1.26. The van der Waals surface area contributed by atoms with E-state index >= 15 is 0 Å². The second kappa shape index (κ2) is 10.0. The minimum Gasteiger partial charge on any atom is -0.496 e. The largest absolute Gasteiger partial charge is 0.496 e. The lowest BCUT2D eigenvalue weighted by Crippen LogP contribution is -2.34. The van der Waals surface area contributed by atoms with Crippen LogP contribution >= 0.6 is 11.6 Å².